The highest BCUT2D eigenvalue weighted by molar-refractivity contribution is 6.04. The molecule has 0 aliphatic heterocycles. The molecule has 112 valence electrons. The minimum Gasteiger partial charge on any atom is -0.454 e. The minimum absolute atomic E-state index is 0.105. The van der Waals surface area contributed by atoms with Gasteiger partial charge in [-0.3, -0.25) is 9.59 Å². The molecular weight excluding hydrogens is 270 g/mol. The number of carbonyl (C=O) groups excluding carboxylic acids is 3. The lowest BCUT2D eigenvalue weighted by molar-refractivity contribution is -0.136. The van der Waals surface area contributed by atoms with E-state index in [1.54, 1.807) is 26.0 Å². The van der Waals surface area contributed by atoms with Crippen molar-refractivity contribution in [3.63, 3.8) is 0 Å². The van der Waals surface area contributed by atoms with Crippen LogP contribution in [0, 0.1) is 13.8 Å². The lowest BCUT2D eigenvalue weighted by Crippen LogP contribution is -2.14. The molecule has 0 saturated heterocycles. The van der Waals surface area contributed by atoms with Gasteiger partial charge in [0.1, 0.15) is 0 Å². The fraction of sp³-hybridized carbons (Fsp3) is 0.312. The minimum atomic E-state index is -0.589. The Bertz CT molecular complexity index is 620. The van der Waals surface area contributed by atoms with Gasteiger partial charge >= 0.3 is 5.97 Å². The number of Topliss-reactive ketones (excluding diaryl/α,β-unsaturated/α-hetero) is 2. The van der Waals surface area contributed by atoms with Gasteiger partial charge in [0, 0.05) is 17.3 Å². The van der Waals surface area contributed by atoms with E-state index in [0.29, 0.717) is 22.5 Å². The molecule has 0 fully saturated rings. The van der Waals surface area contributed by atoms with Crippen molar-refractivity contribution in [1.29, 1.82) is 0 Å². The molecule has 1 aromatic rings. The number of nitrogens with one attached hydrogen (secondary N) is 1. The van der Waals surface area contributed by atoms with Crippen molar-refractivity contribution >= 4 is 17.5 Å². The highest BCUT2D eigenvalue weighted by atomic mass is 16.5. The zero-order valence-electron chi connectivity index (χ0n) is 12.6. The first-order valence-electron chi connectivity index (χ1n) is 6.57. The number of carbonyl (C=O) groups is 3. The Balaban J connectivity index is 2.75. The average Bonchev–Trinajstić information content (AvgIpc) is 2.71. The Kier molecular flexibility index (Phi) is 5.84. The summed E-state index contributed by atoms with van der Waals surface area (Å²) in [5, 5.41) is 0. The van der Waals surface area contributed by atoms with Crippen LogP contribution in [0.5, 0.6) is 0 Å². The van der Waals surface area contributed by atoms with Crippen LogP contribution >= 0.6 is 0 Å². The van der Waals surface area contributed by atoms with Crippen LogP contribution in [0.3, 0.4) is 0 Å². The predicted molar refractivity (Wildman–Crippen MR) is 79.5 cm³/mol. The summed E-state index contributed by atoms with van der Waals surface area (Å²) in [4.78, 5) is 37.8. The molecule has 1 heterocycles. The van der Waals surface area contributed by atoms with Crippen LogP contribution in [0.25, 0.3) is 0 Å². The van der Waals surface area contributed by atoms with Crippen molar-refractivity contribution in [2.24, 2.45) is 0 Å². The Labute approximate surface area is 123 Å². The van der Waals surface area contributed by atoms with Crippen molar-refractivity contribution in [1.82, 2.24) is 4.98 Å². The van der Waals surface area contributed by atoms with Gasteiger partial charge in [-0.2, -0.15) is 0 Å². The summed E-state index contributed by atoms with van der Waals surface area (Å²) >= 11 is 0. The standard InChI is InChI=1S/C16H19NO4/c1-5-6-7-8-14(20)21-9-13(19)16-10(2)15(12(4)18)11(3)17-16/h5-8,17H,9H2,1-4H3/b6-5+,8-7+. The summed E-state index contributed by atoms with van der Waals surface area (Å²) in [5.41, 5.74) is 2.05. The number of rotatable bonds is 6. The third-order valence-corrected chi connectivity index (χ3v) is 2.95. The van der Waals surface area contributed by atoms with Crippen molar-refractivity contribution in [3.05, 3.63) is 46.8 Å². The fourth-order valence-corrected chi connectivity index (χ4v) is 2.06. The van der Waals surface area contributed by atoms with E-state index in [2.05, 4.69) is 4.98 Å². The first kappa shape index (κ1) is 16.6. The molecule has 5 heteroatoms. The third kappa shape index (κ3) is 4.27. The second-order valence-electron chi connectivity index (χ2n) is 4.60. The molecule has 0 unspecified atom stereocenters. The molecule has 0 aromatic carbocycles. The van der Waals surface area contributed by atoms with E-state index < -0.39 is 5.97 Å². The van der Waals surface area contributed by atoms with Crippen LogP contribution in [0.2, 0.25) is 0 Å². The number of aromatic nitrogens is 1. The second kappa shape index (κ2) is 7.38. The van der Waals surface area contributed by atoms with Gasteiger partial charge in [0.15, 0.2) is 12.4 Å². The van der Waals surface area contributed by atoms with Gasteiger partial charge in [-0.15, -0.1) is 0 Å². The molecule has 1 aromatic heterocycles. The number of allylic oxidation sites excluding steroid dienone is 3. The summed E-state index contributed by atoms with van der Waals surface area (Å²) in [6, 6.07) is 0. The molecule has 0 bridgehead atoms. The number of ether oxygens (including phenoxy) is 1. The van der Waals surface area contributed by atoms with Crippen LogP contribution in [0.1, 0.15) is 46.0 Å². The van der Waals surface area contributed by atoms with Crippen molar-refractivity contribution in [2.45, 2.75) is 27.7 Å². The van der Waals surface area contributed by atoms with E-state index in [1.807, 2.05) is 6.92 Å². The number of ketones is 2. The SMILES string of the molecule is C/C=C/C=C/C(=O)OCC(=O)c1[nH]c(C)c(C(C)=O)c1C. The summed E-state index contributed by atoms with van der Waals surface area (Å²) in [7, 11) is 0. The van der Waals surface area contributed by atoms with Crippen molar-refractivity contribution < 1.29 is 19.1 Å². The Morgan fingerprint density at radius 2 is 1.86 bits per heavy atom. The zero-order valence-corrected chi connectivity index (χ0v) is 12.6. The maximum atomic E-state index is 12.0. The monoisotopic (exact) mass is 289 g/mol. The van der Waals surface area contributed by atoms with Crippen LogP contribution < -0.4 is 0 Å². The summed E-state index contributed by atoms with van der Waals surface area (Å²) in [5.74, 6) is -1.06. The van der Waals surface area contributed by atoms with Gasteiger partial charge in [0.05, 0.1) is 5.69 Å². The summed E-state index contributed by atoms with van der Waals surface area (Å²) in [6.45, 7) is 6.33. The van der Waals surface area contributed by atoms with Gasteiger partial charge in [0.25, 0.3) is 0 Å². The molecule has 1 N–H and O–H groups in total. The van der Waals surface area contributed by atoms with Crippen LogP contribution in [0.4, 0.5) is 0 Å². The number of H-pyrrole nitrogens is 1. The molecule has 0 spiro atoms. The zero-order chi connectivity index (χ0) is 16.0. The molecule has 0 aliphatic rings. The fourth-order valence-electron chi connectivity index (χ4n) is 2.06. The van der Waals surface area contributed by atoms with E-state index in [4.69, 9.17) is 4.74 Å². The van der Waals surface area contributed by atoms with Crippen LogP contribution in [0.15, 0.2) is 24.3 Å². The van der Waals surface area contributed by atoms with Gasteiger partial charge in [-0.1, -0.05) is 18.2 Å². The summed E-state index contributed by atoms with van der Waals surface area (Å²) in [6.07, 6.45) is 6.22. The topological polar surface area (TPSA) is 76.2 Å². The Hall–Kier alpha value is -2.43. The van der Waals surface area contributed by atoms with Gasteiger partial charge < -0.3 is 9.72 Å². The molecule has 1 rings (SSSR count). The molecule has 0 saturated carbocycles. The molecule has 5 nitrogen and oxygen atoms in total. The molecule has 21 heavy (non-hydrogen) atoms. The second-order valence-corrected chi connectivity index (χ2v) is 4.60. The number of aryl methyl sites for hydroxylation is 1. The molecule has 0 amide bonds. The Morgan fingerprint density at radius 1 is 1.19 bits per heavy atom. The Morgan fingerprint density at radius 3 is 2.38 bits per heavy atom. The maximum absolute atomic E-state index is 12.0. The average molecular weight is 289 g/mol. The lowest BCUT2D eigenvalue weighted by atomic mass is 10.1. The molecule has 0 atom stereocenters. The maximum Gasteiger partial charge on any atom is 0.331 e. The highest BCUT2D eigenvalue weighted by Crippen LogP contribution is 2.18. The summed E-state index contributed by atoms with van der Waals surface area (Å²) < 4.78 is 4.86. The highest BCUT2D eigenvalue weighted by Gasteiger charge is 2.20. The third-order valence-electron chi connectivity index (χ3n) is 2.95. The number of hydrogen-bond donors (Lipinski definition) is 1. The molecule has 0 radical (unpaired) electrons. The number of hydrogen-bond acceptors (Lipinski definition) is 4. The van der Waals surface area contributed by atoms with E-state index in [0.717, 1.165) is 0 Å². The van der Waals surface area contributed by atoms with Crippen LogP contribution in [-0.2, 0) is 9.53 Å². The van der Waals surface area contributed by atoms with Gasteiger partial charge in [-0.05, 0) is 33.3 Å². The first-order chi connectivity index (χ1) is 9.88. The van der Waals surface area contributed by atoms with E-state index in [9.17, 15) is 14.4 Å². The quantitative estimate of drug-likeness (QED) is 0.378. The van der Waals surface area contributed by atoms with E-state index in [-0.39, 0.29) is 18.2 Å². The van der Waals surface area contributed by atoms with Gasteiger partial charge in [-0.25, -0.2) is 4.79 Å². The van der Waals surface area contributed by atoms with E-state index >= 15 is 0 Å². The predicted octanol–water partition coefficient (Wildman–Crippen LogP) is 2.69. The molecular formula is C16H19NO4. The van der Waals surface area contributed by atoms with E-state index in [1.165, 1.54) is 19.1 Å². The molecule has 0 aliphatic carbocycles. The van der Waals surface area contributed by atoms with Crippen LogP contribution in [-0.4, -0.2) is 29.1 Å². The lowest BCUT2D eigenvalue weighted by Gasteiger charge is -2.01. The number of aromatic amines is 1. The number of esters is 1. The van der Waals surface area contributed by atoms with Gasteiger partial charge in [0.2, 0.25) is 5.78 Å². The largest absolute Gasteiger partial charge is 0.454 e. The van der Waals surface area contributed by atoms with Crippen molar-refractivity contribution in [2.75, 3.05) is 6.61 Å². The smallest absolute Gasteiger partial charge is 0.331 e. The normalized spacial score (nSPS) is 11.2. The first-order valence-corrected chi connectivity index (χ1v) is 6.57. The van der Waals surface area contributed by atoms with Crippen molar-refractivity contribution in [3.8, 4) is 0 Å².